The molecular formula is C30H29ClN6O4. The van der Waals surface area contributed by atoms with Gasteiger partial charge in [-0.05, 0) is 49.8 Å². The minimum Gasteiger partial charge on any atom is -0.443 e. The van der Waals surface area contributed by atoms with Crippen molar-refractivity contribution in [2.75, 3.05) is 4.90 Å². The van der Waals surface area contributed by atoms with Crippen molar-refractivity contribution in [2.45, 2.75) is 52.7 Å². The number of hydrogen-bond donors (Lipinski definition) is 0. The van der Waals surface area contributed by atoms with E-state index in [1.54, 1.807) is 55.9 Å². The number of rotatable bonds is 6. The number of anilines is 1. The summed E-state index contributed by atoms with van der Waals surface area (Å²) < 4.78 is 7.42. The number of hydrogen-bond acceptors (Lipinski definition) is 7. The highest BCUT2D eigenvalue weighted by Crippen LogP contribution is 2.34. The Morgan fingerprint density at radius 1 is 1.15 bits per heavy atom. The van der Waals surface area contributed by atoms with Gasteiger partial charge in [0.05, 0.1) is 23.4 Å². The van der Waals surface area contributed by atoms with E-state index in [0.29, 0.717) is 22.5 Å². The molecule has 1 amide bonds. The number of nitrogens with zero attached hydrogens (tertiary/aromatic N) is 6. The first kappa shape index (κ1) is 28.0. The van der Waals surface area contributed by atoms with Gasteiger partial charge in [-0.1, -0.05) is 49.7 Å². The molecule has 2 aromatic carbocycles. The van der Waals surface area contributed by atoms with Gasteiger partial charge in [0.2, 0.25) is 0 Å². The van der Waals surface area contributed by atoms with Gasteiger partial charge in [0.1, 0.15) is 16.6 Å². The molecule has 3 heterocycles. The Hall–Kier alpha value is -4.57. The Kier molecular flexibility index (Phi) is 7.35. The molecule has 0 aliphatic carbocycles. The summed E-state index contributed by atoms with van der Waals surface area (Å²) >= 11 is 6.48. The number of carbonyl (C=O) groups is 1. The molecule has 5 aromatic rings. The highest BCUT2D eigenvalue weighted by molar-refractivity contribution is 6.29. The predicted octanol–water partition coefficient (Wildman–Crippen LogP) is 7.57. The number of nitro groups is 1. The second-order valence-electron chi connectivity index (χ2n) is 11.0. The zero-order chi connectivity index (χ0) is 29.5. The number of carbonyl (C=O) groups excluding carboxylic acids is 1. The number of nitro benzene ring substituents is 1. The molecule has 10 nitrogen and oxygen atoms in total. The maximum atomic E-state index is 13.7. The maximum Gasteiger partial charge on any atom is 0.416 e. The van der Waals surface area contributed by atoms with Crippen LogP contribution < -0.4 is 4.90 Å². The third-order valence-electron chi connectivity index (χ3n) is 6.52. The minimum atomic E-state index is -0.760. The number of halogens is 1. The number of pyridine rings is 1. The monoisotopic (exact) mass is 572 g/mol. The zero-order valence-electron chi connectivity index (χ0n) is 23.3. The van der Waals surface area contributed by atoms with E-state index in [0.717, 1.165) is 22.1 Å². The van der Waals surface area contributed by atoms with Crippen molar-refractivity contribution < 1.29 is 14.5 Å². The molecule has 210 valence electrons. The molecule has 0 radical (unpaired) electrons. The van der Waals surface area contributed by atoms with Crippen molar-refractivity contribution in [1.29, 1.82) is 0 Å². The smallest absolute Gasteiger partial charge is 0.416 e. The van der Waals surface area contributed by atoms with Crippen LogP contribution in [0.15, 0.2) is 67.0 Å². The minimum absolute atomic E-state index is 0.00221. The van der Waals surface area contributed by atoms with Gasteiger partial charge in [0.15, 0.2) is 5.65 Å². The lowest BCUT2D eigenvalue weighted by Gasteiger charge is -2.28. The third kappa shape index (κ3) is 5.69. The van der Waals surface area contributed by atoms with E-state index < -0.39 is 16.6 Å². The summed E-state index contributed by atoms with van der Waals surface area (Å²) in [6, 6.07) is 15.6. The second kappa shape index (κ2) is 10.8. The van der Waals surface area contributed by atoms with Crippen molar-refractivity contribution in [3.05, 3.63) is 93.4 Å². The first-order valence-electron chi connectivity index (χ1n) is 13.1. The van der Waals surface area contributed by atoms with Gasteiger partial charge < -0.3 is 4.74 Å². The molecule has 0 saturated heterocycles. The first-order chi connectivity index (χ1) is 19.4. The number of non-ortho nitro benzene ring substituents is 1. The molecule has 11 heteroatoms. The van der Waals surface area contributed by atoms with Crippen molar-refractivity contribution in [3.63, 3.8) is 0 Å². The zero-order valence-corrected chi connectivity index (χ0v) is 24.1. The average molecular weight is 573 g/mol. The van der Waals surface area contributed by atoms with Gasteiger partial charge in [0.25, 0.3) is 5.69 Å². The summed E-state index contributed by atoms with van der Waals surface area (Å²) in [5.74, 6) is 0.535. The van der Waals surface area contributed by atoms with E-state index in [9.17, 15) is 14.9 Å². The largest absolute Gasteiger partial charge is 0.443 e. The van der Waals surface area contributed by atoms with Crippen molar-refractivity contribution >= 4 is 45.6 Å². The third-order valence-corrected chi connectivity index (χ3v) is 6.71. The van der Waals surface area contributed by atoms with Crippen LogP contribution in [-0.4, -0.2) is 36.2 Å². The van der Waals surface area contributed by atoms with Gasteiger partial charge in [-0.15, -0.1) is 0 Å². The molecule has 0 bridgehead atoms. The molecule has 0 fully saturated rings. The Morgan fingerprint density at radius 3 is 2.61 bits per heavy atom. The number of amides is 1. The SMILES string of the molecule is CC(C)c1cnn2c(N(Cc3ccccc3-c3nccc4cc([N+](=O)[O-])ccc34)C(=O)OC(C)(C)C)cc(Cl)nc12. The Labute approximate surface area is 241 Å². The summed E-state index contributed by atoms with van der Waals surface area (Å²) in [5, 5.41) is 17.5. The van der Waals surface area contributed by atoms with Crippen molar-refractivity contribution in [2.24, 2.45) is 0 Å². The summed E-state index contributed by atoms with van der Waals surface area (Å²) in [7, 11) is 0. The quantitative estimate of drug-likeness (QED) is 0.117. The highest BCUT2D eigenvalue weighted by Gasteiger charge is 2.28. The Bertz CT molecular complexity index is 1790. The molecule has 3 aromatic heterocycles. The van der Waals surface area contributed by atoms with E-state index in [2.05, 4.69) is 15.1 Å². The Balaban J connectivity index is 1.66. The van der Waals surface area contributed by atoms with Crippen LogP contribution in [0, 0.1) is 10.1 Å². The van der Waals surface area contributed by atoms with Crippen LogP contribution in [-0.2, 0) is 11.3 Å². The van der Waals surface area contributed by atoms with E-state index in [-0.39, 0.29) is 23.3 Å². The van der Waals surface area contributed by atoms with Crippen molar-refractivity contribution in [3.8, 4) is 11.3 Å². The maximum absolute atomic E-state index is 13.7. The normalized spacial score (nSPS) is 11.8. The number of ether oxygens (including phenoxy) is 1. The molecule has 0 atom stereocenters. The van der Waals surface area contributed by atoms with E-state index in [1.165, 1.54) is 17.0 Å². The highest BCUT2D eigenvalue weighted by atomic mass is 35.5. The topological polar surface area (TPSA) is 116 Å². The molecule has 41 heavy (non-hydrogen) atoms. The molecular weight excluding hydrogens is 544 g/mol. The van der Waals surface area contributed by atoms with E-state index in [4.69, 9.17) is 16.3 Å². The van der Waals surface area contributed by atoms with Gasteiger partial charge in [-0.2, -0.15) is 9.61 Å². The van der Waals surface area contributed by atoms with Crippen LogP contribution in [0.1, 0.15) is 51.7 Å². The van der Waals surface area contributed by atoms with Crippen LogP contribution >= 0.6 is 11.6 Å². The molecule has 0 unspecified atom stereocenters. The van der Waals surface area contributed by atoms with E-state index in [1.807, 2.05) is 38.1 Å². The first-order valence-corrected chi connectivity index (χ1v) is 13.5. The molecule has 0 spiro atoms. The lowest BCUT2D eigenvalue weighted by Crippen LogP contribution is -2.37. The summed E-state index contributed by atoms with van der Waals surface area (Å²) in [6.45, 7) is 9.57. The summed E-state index contributed by atoms with van der Waals surface area (Å²) in [4.78, 5) is 35.3. The fourth-order valence-corrected chi connectivity index (χ4v) is 4.82. The summed E-state index contributed by atoms with van der Waals surface area (Å²) in [6.07, 6.45) is 2.76. The standard InChI is InChI=1S/C30H29ClN6O4/c1-18(2)24-16-33-36-26(15-25(31)34-28(24)36)35(29(38)41-30(3,4)5)17-20-8-6-7-9-22(20)27-23-11-10-21(37(39)40)14-19(23)12-13-32-27/h6-16,18H,17H2,1-5H3. The molecule has 0 N–H and O–H groups in total. The molecule has 0 aliphatic heterocycles. The lowest BCUT2D eigenvalue weighted by atomic mass is 9.99. The van der Waals surface area contributed by atoms with Crippen molar-refractivity contribution in [1.82, 2.24) is 19.6 Å². The summed E-state index contributed by atoms with van der Waals surface area (Å²) in [5.41, 5.74) is 2.86. The number of aromatic nitrogens is 4. The predicted molar refractivity (Wildman–Crippen MR) is 158 cm³/mol. The fraction of sp³-hybridized carbons (Fsp3) is 0.267. The number of fused-ring (bicyclic) bond motifs is 2. The second-order valence-corrected chi connectivity index (χ2v) is 11.4. The van der Waals surface area contributed by atoms with Gasteiger partial charge in [-0.25, -0.2) is 9.78 Å². The van der Waals surface area contributed by atoms with Crippen LogP contribution in [0.4, 0.5) is 16.3 Å². The number of benzene rings is 2. The Morgan fingerprint density at radius 2 is 1.90 bits per heavy atom. The van der Waals surface area contributed by atoms with Gasteiger partial charge in [-0.3, -0.25) is 20.0 Å². The van der Waals surface area contributed by atoms with Crippen LogP contribution in [0.3, 0.4) is 0 Å². The van der Waals surface area contributed by atoms with E-state index >= 15 is 0 Å². The van der Waals surface area contributed by atoms with Gasteiger partial charge in [0, 0.05) is 40.9 Å². The molecule has 0 aliphatic rings. The molecule has 5 rings (SSSR count). The van der Waals surface area contributed by atoms with Crippen LogP contribution in [0.25, 0.3) is 27.7 Å². The van der Waals surface area contributed by atoms with Crippen LogP contribution in [0.2, 0.25) is 5.15 Å². The molecule has 0 saturated carbocycles. The van der Waals surface area contributed by atoms with Gasteiger partial charge >= 0.3 is 6.09 Å². The fourth-order valence-electron chi connectivity index (χ4n) is 4.64. The van der Waals surface area contributed by atoms with Crippen LogP contribution in [0.5, 0.6) is 0 Å². The lowest BCUT2D eigenvalue weighted by molar-refractivity contribution is -0.384. The average Bonchev–Trinajstić information content (AvgIpc) is 3.34.